The number of amides is 2. The highest BCUT2D eigenvalue weighted by molar-refractivity contribution is 5.93. The topological polar surface area (TPSA) is 84.0 Å². The SMILES string of the molecule is O=C1CCC(C(=O)Nc2cccnn2)CN1. The Morgan fingerprint density at radius 3 is 3.06 bits per heavy atom. The molecule has 0 saturated carbocycles. The highest BCUT2D eigenvalue weighted by Crippen LogP contribution is 2.12. The number of aromatic nitrogens is 2. The molecule has 16 heavy (non-hydrogen) atoms. The number of rotatable bonds is 2. The van der Waals surface area contributed by atoms with E-state index in [1.54, 1.807) is 12.1 Å². The Labute approximate surface area is 92.4 Å². The zero-order chi connectivity index (χ0) is 11.4. The predicted octanol–water partition coefficient (Wildman–Crippen LogP) is -0.0587. The van der Waals surface area contributed by atoms with Crippen molar-refractivity contribution in [2.75, 3.05) is 11.9 Å². The van der Waals surface area contributed by atoms with Gasteiger partial charge in [0.05, 0.1) is 5.92 Å². The highest BCUT2D eigenvalue weighted by atomic mass is 16.2. The van der Waals surface area contributed by atoms with Crippen molar-refractivity contribution in [1.29, 1.82) is 0 Å². The van der Waals surface area contributed by atoms with E-state index in [4.69, 9.17) is 0 Å². The third-order valence-electron chi connectivity index (χ3n) is 2.46. The first kappa shape index (κ1) is 10.5. The van der Waals surface area contributed by atoms with E-state index in [-0.39, 0.29) is 17.7 Å². The first-order valence-corrected chi connectivity index (χ1v) is 5.11. The molecule has 1 unspecified atom stereocenters. The molecule has 1 saturated heterocycles. The molecule has 0 aliphatic carbocycles. The summed E-state index contributed by atoms with van der Waals surface area (Å²) in [6.07, 6.45) is 2.52. The van der Waals surface area contributed by atoms with Crippen LogP contribution in [0.4, 0.5) is 5.82 Å². The quantitative estimate of drug-likeness (QED) is 0.731. The van der Waals surface area contributed by atoms with Crippen molar-refractivity contribution >= 4 is 17.6 Å². The second-order valence-corrected chi connectivity index (χ2v) is 3.64. The van der Waals surface area contributed by atoms with Crippen molar-refractivity contribution in [3.05, 3.63) is 18.3 Å². The van der Waals surface area contributed by atoms with Crippen molar-refractivity contribution in [2.45, 2.75) is 12.8 Å². The van der Waals surface area contributed by atoms with Gasteiger partial charge < -0.3 is 10.6 Å². The number of piperidine rings is 1. The van der Waals surface area contributed by atoms with Crippen LogP contribution in [0.2, 0.25) is 0 Å². The third kappa shape index (κ3) is 2.53. The molecule has 1 fully saturated rings. The number of carbonyl (C=O) groups is 2. The molecule has 2 rings (SSSR count). The van der Waals surface area contributed by atoms with Crippen LogP contribution < -0.4 is 10.6 Å². The number of hydrogen-bond donors (Lipinski definition) is 2. The van der Waals surface area contributed by atoms with Gasteiger partial charge in [0, 0.05) is 19.2 Å². The Hall–Kier alpha value is -1.98. The highest BCUT2D eigenvalue weighted by Gasteiger charge is 2.24. The Morgan fingerprint density at radius 2 is 2.44 bits per heavy atom. The Balaban J connectivity index is 1.91. The lowest BCUT2D eigenvalue weighted by Crippen LogP contribution is -2.40. The van der Waals surface area contributed by atoms with Crippen molar-refractivity contribution in [2.24, 2.45) is 5.92 Å². The standard InChI is InChI=1S/C10H12N4O2/c15-9-4-3-7(6-11-9)10(16)13-8-2-1-5-12-14-8/h1-2,5,7H,3-4,6H2,(H,11,15)(H,13,14,16). The van der Waals surface area contributed by atoms with Crippen LogP contribution >= 0.6 is 0 Å². The summed E-state index contributed by atoms with van der Waals surface area (Å²) in [5.74, 6) is 0.133. The zero-order valence-corrected chi connectivity index (χ0v) is 8.64. The zero-order valence-electron chi connectivity index (χ0n) is 8.64. The van der Waals surface area contributed by atoms with Crippen molar-refractivity contribution in [3.8, 4) is 0 Å². The van der Waals surface area contributed by atoms with Gasteiger partial charge in [-0.3, -0.25) is 9.59 Å². The maximum Gasteiger partial charge on any atom is 0.230 e. The summed E-state index contributed by atoms with van der Waals surface area (Å²) >= 11 is 0. The van der Waals surface area contributed by atoms with E-state index in [9.17, 15) is 9.59 Å². The fourth-order valence-electron chi connectivity index (χ4n) is 1.55. The van der Waals surface area contributed by atoms with E-state index in [0.717, 1.165) is 0 Å². The number of anilines is 1. The van der Waals surface area contributed by atoms with Crippen LogP contribution in [0.5, 0.6) is 0 Å². The summed E-state index contributed by atoms with van der Waals surface area (Å²) in [5, 5.41) is 12.7. The fourth-order valence-corrected chi connectivity index (χ4v) is 1.55. The third-order valence-corrected chi connectivity index (χ3v) is 2.46. The van der Waals surface area contributed by atoms with Gasteiger partial charge in [-0.05, 0) is 18.6 Å². The molecule has 0 radical (unpaired) electrons. The second kappa shape index (κ2) is 4.69. The van der Waals surface area contributed by atoms with Crippen molar-refractivity contribution in [3.63, 3.8) is 0 Å². The number of nitrogens with one attached hydrogen (secondary N) is 2. The van der Waals surface area contributed by atoms with Crippen LogP contribution in [0.25, 0.3) is 0 Å². The lowest BCUT2D eigenvalue weighted by molar-refractivity contribution is -0.126. The monoisotopic (exact) mass is 220 g/mol. The fraction of sp³-hybridized carbons (Fsp3) is 0.400. The van der Waals surface area contributed by atoms with Gasteiger partial charge in [-0.1, -0.05) is 0 Å². The molecule has 0 aromatic carbocycles. The van der Waals surface area contributed by atoms with Crippen LogP contribution in [-0.2, 0) is 9.59 Å². The molecule has 2 amide bonds. The van der Waals surface area contributed by atoms with E-state index < -0.39 is 0 Å². The maximum absolute atomic E-state index is 11.7. The average molecular weight is 220 g/mol. The summed E-state index contributed by atoms with van der Waals surface area (Å²) in [5.41, 5.74) is 0. The largest absolute Gasteiger partial charge is 0.355 e. The molecular formula is C10H12N4O2. The van der Waals surface area contributed by atoms with E-state index >= 15 is 0 Å². The van der Waals surface area contributed by atoms with Gasteiger partial charge >= 0.3 is 0 Å². The van der Waals surface area contributed by atoms with Crippen molar-refractivity contribution in [1.82, 2.24) is 15.5 Å². The minimum absolute atomic E-state index is 0.00329. The molecule has 0 bridgehead atoms. The summed E-state index contributed by atoms with van der Waals surface area (Å²) in [4.78, 5) is 22.7. The molecule has 2 heterocycles. The molecule has 2 N–H and O–H groups in total. The summed E-state index contributed by atoms with van der Waals surface area (Å²) in [6, 6.07) is 3.37. The number of hydrogen-bond acceptors (Lipinski definition) is 4. The van der Waals surface area contributed by atoms with Gasteiger partial charge in [-0.2, -0.15) is 5.10 Å². The van der Waals surface area contributed by atoms with Gasteiger partial charge in [-0.25, -0.2) is 0 Å². The first-order chi connectivity index (χ1) is 7.75. The Bertz CT molecular complexity index is 383. The van der Waals surface area contributed by atoms with Gasteiger partial charge in [0.1, 0.15) is 0 Å². The van der Waals surface area contributed by atoms with Crippen LogP contribution in [0.3, 0.4) is 0 Å². The molecule has 6 heteroatoms. The van der Waals surface area contributed by atoms with E-state index in [1.165, 1.54) is 6.20 Å². The van der Waals surface area contributed by atoms with Gasteiger partial charge in [-0.15, -0.1) is 5.10 Å². The van der Waals surface area contributed by atoms with E-state index in [1.807, 2.05) is 0 Å². The van der Waals surface area contributed by atoms with Crippen LogP contribution in [-0.4, -0.2) is 28.6 Å². The first-order valence-electron chi connectivity index (χ1n) is 5.11. The van der Waals surface area contributed by atoms with Gasteiger partial charge in [0.25, 0.3) is 0 Å². The summed E-state index contributed by atoms with van der Waals surface area (Å²) in [6.45, 7) is 0.394. The molecule has 1 aliphatic heterocycles. The minimum atomic E-state index is -0.181. The van der Waals surface area contributed by atoms with E-state index in [2.05, 4.69) is 20.8 Å². The molecule has 0 spiro atoms. The van der Waals surface area contributed by atoms with Gasteiger partial charge in [0.2, 0.25) is 11.8 Å². The Kier molecular flexibility index (Phi) is 3.09. The Morgan fingerprint density at radius 1 is 1.56 bits per heavy atom. The molecule has 1 aromatic rings. The van der Waals surface area contributed by atoms with Crippen LogP contribution in [0.1, 0.15) is 12.8 Å². The maximum atomic E-state index is 11.7. The molecule has 1 aromatic heterocycles. The van der Waals surface area contributed by atoms with E-state index in [0.29, 0.717) is 25.2 Å². The lowest BCUT2D eigenvalue weighted by atomic mass is 9.98. The lowest BCUT2D eigenvalue weighted by Gasteiger charge is -2.21. The number of nitrogens with zero attached hydrogens (tertiary/aromatic N) is 2. The second-order valence-electron chi connectivity index (χ2n) is 3.64. The molecule has 1 aliphatic rings. The summed E-state index contributed by atoms with van der Waals surface area (Å²) < 4.78 is 0. The van der Waals surface area contributed by atoms with Crippen LogP contribution in [0.15, 0.2) is 18.3 Å². The minimum Gasteiger partial charge on any atom is -0.355 e. The summed E-state index contributed by atoms with van der Waals surface area (Å²) in [7, 11) is 0. The normalized spacial score (nSPS) is 20.0. The predicted molar refractivity (Wildman–Crippen MR) is 56.4 cm³/mol. The van der Waals surface area contributed by atoms with Crippen molar-refractivity contribution < 1.29 is 9.59 Å². The molecular weight excluding hydrogens is 208 g/mol. The van der Waals surface area contributed by atoms with Gasteiger partial charge in [0.15, 0.2) is 5.82 Å². The number of carbonyl (C=O) groups excluding carboxylic acids is 2. The smallest absolute Gasteiger partial charge is 0.230 e. The molecule has 1 atom stereocenters. The molecule has 6 nitrogen and oxygen atoms in total. The average Bonchev–Trinajstić information content (AvgIpc) is 2.31. The van der Waals surface area contributed by atoms with Crippen LogP contribution in [0, 0.1) is 5.92 Å². The molecule has 84 valence electrons.